The van der Waals surface area contributed by atoms with Gasteiger partial charge in [0.05, 0.1) is 30.2 Å². The van der Waals surface area contributed by atoms with E-state index in [1.807, 2.05) is 11.0 Å². The van der Waals surface area contributed by atoms with E-state index in [2.05, 4.69) is 10.3 Å². The predicted molar refractivity (Wildman–Crippen MR) is 105 cm³/mol. The first-order chi connectivity index (χ1) is 13.9. The highest BCUT2D eigenvalue weighted by atomic mass is 35.5. The van der Waals surface area contributed by atoms with Crippen LogP contribution in [0.5, 0.6) is 11.6 Å². The van der Waals surface area contributed by atoms with E-state index in [0.29, 0.717) is 35.4 Å². The summed E-state index contributed by atoms with van der Waals surface area (Å²) in [5.41, 5.74) is 0.749. The third-order valence-corrected chi connectivity index (χ3v) is 4.94. The number of hydrogen-bond acceptors (Lipinski definition) is 4. The maximum Gasteiger partial charge on any atom is 0.416 e. The van der Waals surface area contributed by atoms with Crippen LogP contribution >= 0.6 is 11.6 Å². The zero-order chi connectivity index (χ0) is 20.4. The molecule has 8 heteroatoms. The molecule has 0 aliphatic carbocycles. The lowest BCUT2D eigenvalue weighted by molar-refractivity contribution is -0.137. The van der Waals surface area contributed by atoms with Crippen molar-refractivity contribution in [1.82, 2.24) is 10.3 Å². The number of nitrogens with one attached hydrogen (secondary N) is 1. The molecule has 2 aromatic carbocycles. The molecule has 0 spiro atoms. The maximum absolute atomic E-state index is 13.1. The molecule has 0 bridgehead atoms. The Labute approximate surface area is 170 Å². The average molecular weight is 420 g/mol. The van der Waals surface area contributed by atoms with Crippen molar-refractivity contribution < 1.29 is 17.9 Å². The van der Waals surface area contributed by atoms with Crippen molar-refractivity contribution in [3.8, 4) is 11.6 Å². The minimum atomic E-state index is -4.37. The van der Waals surface area contributed by atoms with E-state index in [1.54, 1.807) is 42.6 Å². The van der Waals surface area contributed by atoms with Gasteiger partial charge >= 0.3 is 6.18 Å². The molecule has 2 heterocycles. The molecule has 1 atom stereocenters. The summed E-state index contributed by atoms with van der Waals surface area (Å²) in [6, 6.07) is 15.7. The minimum Gasteiger partial charge on any atom is -0.439 e. The molecular weight excluding hydrogens is 403 g/mol. The van der Waals surface area contributed by atoms with Gasteiger partial charge in [-0.1, -0.05) is 23.7 Å². The van der Waals surface area contributed by atoms with Crippen molar-refractivity contribution in [3.63, 3.8) is 0 Å². The Bertz CT molecular complexity index is 978. The summed E-state index contributed by atoms with van der Waals surface area (Å²) in [4.78, 5) is 6.30. The lowest BCUT2D eigenvalue weighted by Gasteiger charge is -2.26. The summed E-state index contributed by atoms with van der Waals surface area (Å²) in [6.07, 6.45) is -2.71. The van der Waals surface area contributed by atoms with Gasteiger partial charge in [-0.05, 0) is 48.0 Å². The van der Waals surface area contributed by atoms with Gasteiger partial charge in [0, 0.05) is 17.6 Å². The lowest BCUT2D eigenvalue weighted by atomic mass is 10.0. The fourth-order valence-corrected chi connectivity index (χ4v) is 3.39. The molecule has 3 aromatic rings. The molecule has 4 nitrogen and oxygen atoms in total. The summed E-state index contributed by atoms with van der Waals surface area (Å²) in [5.74, 6) is 1.03. The van der Waals surface area contributed by atoms with Crippen molar-refractivity contribution in [3.05, 3.63) is 83.0 Å². The van der Waals surface area contributed by atoms with Gasteiger partial charge < -0.3 is 9.64 Å². The standard InChI is InChI=1S/C21H17ClF3N3O/c22-16-4-7-18(8-5-16)29-20-9-6-17(11-27-20)28-13-26-12-19(28)14-2-1-3-15(10-14)21(23,24)25/h1-11,19,26H,12-13H2/t19-/m1/s1. The summed E-state index contributed by atoms with van der Waals surface area (Å²) in [7, 11) is 0. The Kier molecular flexibility index (Phi) is 5.34. The number of aromatic nitrogens is 1. The molecule has 0 saturated carbocycles. The van der Waals surface area contributed by atoms with Gasteiger partial charge in [-0.25, -0.2) is 4.98 Å². The molecule has 0 unspecified atom stereocenters. The fourth-order valence-electron chi connectivity index (χ4n) is 3.26. The Balaban J connectivity index is 1.52. The molecule has 150 valence electrons. The molecule has 0 amide bonds. The first kappa shape index (κ1) is 19.5. The highest BCUT2D eigenvalue weighted by Gasteiger charge is 2.32. The van der Waals surface area contributed by atoms with E-state index in [0.717, 1.165) is 11.8 Å². The highest BCUT2D eigenvalue weighted by molar-refractivity contribution is 6.30. The van der Waals surface area contributed by atoms with Gasteiger partial charge in [0.2, 0.25) is 5.88 Å². The summed E-state index contributed by atoms with van der Waals surface area (Å²) >= 11 is 5.86. The van der Waals surface area contributed by atoms with Crippen molar-refractivity contribution in [2.24, 2.45) is 0 Å². The van der Waals surface area contributed by atoms with Crippen molar-refractivity contribution in [2.75, 3.05) is 18.1 Å². The molecule has 1 aliphatic rings. The van der Waals surface area contributed by atoms with Crippen LogP contribution in [0.15, 0.2) is 66.9 Å². The molecule has 0 radical (unpaired) electrons. The smallest absolute Gasteiger partial charge is 0.416 e. The maximum atomic E-state index is 13.1. The Morgan fingerprint density at radius 2 is 1.86 bits per heavy atom. The van der Waals surface area contributed by atoms with Crippen LogP contribution in [0.25, 0.3) is 0 Å². The van der Waals surface area contributed by atoms with E-state index in [9.17, 15) is 13.2 Å². The van der Waals surface area contributed by atoms with Crippen LogP contribution in [-0.4, -0.2) is 18.2 Å². The molecule has 1 saturated heterocycles. The van der Waals surface area contributed by atoms with Gasteiger partial charge in [0.25, 0.3) is 0 Å². The lowest BCUT2D eigenvalue weighted by Crippen LogP contribution is -2.24. The number of ether oxygens (including phenoxy) is 1. The number of nitrogens with zero attached hydrogens (tertiary/aromatic N) is 2. The highest BCUT2D eigenvalue weighted by Crippen LogP contribution is 2.34. The molecule has 1 fully saturated rings. The number of alkyl halides is 3. The number of rotatable bonds is 4. The Morgan fingerprint density at radius 1 is 1.07 bits per heavy atom. The van der Waals surface area contributed by atoms with Crippen LogP contribution in [0.4, 0.5) is 18.9 Å². The van der Waals surface area contributed by atoms with Crippen molar-refractivity contribution >= 4 is 17.3 Å². The van der Waals surface area contributed by atoms with Gasteiger partial charge in [-0.15, -0.1) is 0 Å². The van der Waals surface area contributed by atoms with Crippen LogP contribution in [0.2, 0.25) is 5.02 Å². The SMILES string of the molecule is FC(F)(F)c1cccc([C@H]2CNCN2c2ccc(Oc3ccc(Cl)cc3)nc2)c1. The normalized spacial score (nSPS) is 16.8. The van der Waals surface area contributed by atoms with Gasteiger partial charge in [-0.3, -0.25) is 5.32 Å². The third kappa shape index (κ3) is 4.46. The number of anilines is 1. The Hall–Kier alpha value is -2.77. The van der Waals surface area contributed by atoms with Gasteiger partial charge in [-0.2, -0.15) is 13.2 Å². The average Bonchev–Trinajstić information content (AvgIpc) is 3.20. The second-order valence-corrected chi connectivity index (χ2v) is 7.07. The first-order valence-electron chi connectivity index (χ1n) is 8.94. The summed E-state index contributed by atoms with van der Waals surface area (Å²) < 4.78 is 44.9. The zero-order valence-corrected chi connectivity index (χ0v) is 15.9. The number of benzene rings is 2. The zero-order valence-electron chi connectivity index (χ0n) is 15.2. The van der Waals surface area contributed by atoms with Crippen LogP contribution in [0, 0.1) is 0 Å². The second-order valence-electron chi connectivity index (χ2n) is 6.63. The minimum absolute atomic E-state index is 0.220. The van der Waals surface area contributed by atoms with Crippen LogP contribution < -0.4 is 15.0 Å². The number of halogens is 4. The van der Waals surface area contributed by atoms with Crippen LogP contribution in [0.1, 0.15) is 17.2 Å². The quantitative estimate of drug-likeness (QED) is 0.592. The molecule has 1 aliphatic heterocycles. The van der Waals surface area contributed by atoms with Crippen LogP contribution in [-0.2, 0) is 6.18 Å². The summed E-state index contributed by atoms with van der Waals surface area (Å²) in [5, 5.41) is 3.82. The Morgan fingerprint density at radius 3 is 2.55 bits per heavy atom. The first-order valence-corrected chi connectivity index (χ1v) is 9.32. The van der Waals surface area contributed by atoms with E-state index in [1.165, 1.54) is 12.1 Å². The molecular formula is C21H17ClF3N3O. The van der Waals surface area contributed by atoms with Crippen LogP contribution in [0.3, 0.4) is 0 Å². The van der Waals surface area contributed by atoms with Crippen molar-refractivity contribution in [2.45, 2.75) is 12.2 Å². The van der Waals surface area contributed by atoms with Gasteiger partial charge in [0.1, 0.15) is 5.75 Å². The topological polar surface area (TPSA) is 37.4 Å². The second kappa shape index (κ2) is 7.93. The molecule has 1 N–H and O–H groups in total. The molecule has 4 rings (SSSR count). The van der Waals surface area contributed by atoms with E-state index >= 15 is 0 Å². The van der Waals surface area contributed by atoms with Crippen molar-refractivity contribution in [1.29, 1.82) is 0 Å². The monoisotopic (exact) mass is 419 g/mol. The fraction of sp³-hybridized carbons (Fsp3) is 0.190. The number of pyridine rings is 1. The molecule has 1 aromatic heterocycles. The summed E-state index contributed by atoms with van der Waals surface area (Å²) in [6.45, 7) is 1.06. The number of hydrogen-bond donors (Lipinski definition) is 1. The largest absolute Gasteiger partial charge is 0.439 e. The van der Waals surface area contributed by atoms with E-state index < -0.39 is 11.7 Å². The molecule has 29 heavy (non-hydrogen) atoms. The van der Waals surface area contributed by atoms with Gasteiger partial charge in [0.15, 0.2) is 0 Å². The van der Waals surface area contributed by atoms with E-state index in [4.69, 9.17) is 16.3 Å². The van der Waals surface area contributed by atoms with E-state index in [-0.39, 0.29) is 6.04 Å². The predicted octanol–water partition coefficient (Wildman–Crippen LogP) is 5.65. The third-order valence-electron chi connectivity index (χ3n) is 4.68.